The molecule has 2 aromatic rings. The molecule has 1 N–H and O–H groups in total. The van der Waals surface area contributed by atoms with E-state index in [-0.39, 0.29) is 11.4 Å². The summed E-state index contributed by atoms with van der Waals surface area (Å²) >= 11 is 10.0. The number of carbonyl (C=O) groups excluding carboxylic acids is 3. The van der Waals surface area contributed by atoms with Gasteiger partial charge in [-0.2, -0.15) is 0 Å². The number of imide groups is 1. The Morgan fingerprint density at radius 1 is 1.31 bits per heavy atom. The Morgan fingerprint density at radius 2 is 2.12 bits per heavy atom. The van der Waals surface area contributed by atoms with Crippen molar-refractivity contribution in [3.8, 4) is 0 Å². The number of nitrogens with zero attached hydrogens (tertiary/aromatic N) is 2. The Labute approximate surface area is 166 Å². The molecule has 0 saturated carbocycles. The topological polar surface area (TPSA) is 79.4 Å². The molecule has 1 aromatic carbocycles. The predicted octanol–water partition coefficient (Wildman–Crippen LogP) is 4.17. The first-order chi connectivity index (χ1) is 12.4. The first-order valence-electron chi connectivity index (χ1n) is 7.35. The molecule has 1 saturated heterocycles. The minimum absolute atomic E-state index is 0.230. The molecule has 0 bridgehead atoms. The van der Waals surface area contributed by atoms with Gasteiger partial charge in [0.25, 0.3) is 11.1 Å². The SMILES string of the molecule is O=C(CN1C(=O)S/C(=C\c2ccccn2)C1=O)Nc1ccc(Br)c(Cl)c1. The molecular formula is C17H11BrClN3O3S. The number of hydrogen-bond acceptors (Lipinski definition) is 5. The van der Waals surface area contributed by atoms with Crippen molar-refractivity contribution in [2.45, 2.75) is 0 Å². The van der Waals surface area contributed by atoms with E-state index in [9.17, 15) is 14.4 Å². The second-order valence-electron chi connectivity index (χ2n) is 5.20. The van der Waals surface area contributed by atoms with Crippen LogP contribution in [0.4, 0.5) is 10.5 Å². The van der Waals surface area contributed by atoms with Gasteiger partial charge in [-0.05, 0) is 64.1 Å². The maximum absolute atomic E-state index is 12.4. The lowest BCUT2D eigenvalue weighted by molar-refractivity contribution is -0.127. The summed E-state index contributed by atoms with van der Waals surface area (Å²) in [4.78, 5) is 41.8. The zero-order valence-corrected chi connectivity index (χ0v) is 16.3. The van der Waals surface area contributed by atoms with Crippen LogP contribution >= 0.6 is 39.3 Å². The van der Waals surface area contributed by atoms with Crippen LogP contribution in [0.15, 0.2) is 52.0 Å². The Kier molecular flexibility index (Phi) is 5.75. The molecule has 1 aromatic heterocycles. The number of carbonyl (C=O) groups is 3. The molecule has 132 valence electrons. The molecule has 3 amide bonds. The summed E-state index contributed by atoms with van der Waals surface area (Å²) < 4.78 is 0.697. The maximum atomic E-state index is 12.4. The Hall–Kier alpha value is -2.16. The molecule has 1 aliphatic heterocycles. The van der Waals surface area contributed by atoms with Crippen molar-refractivity contribution in [1.82, 2.24) is 9.88 Å². The summed E-state index contributed by atoms with van der Waals surface area (Å²) in [6.07, 6.45) is 3.12. The second kappa shape index (κ2) is 8.03. The standard InChI is InChI=1S/C17H11BrClN3O3S/c18-12-5-4-11(7-13(12)19)21-15(23)9-22-16(24)14(26-17(22)25)8-10-3-1-2-6-20-10/h1-8H,9H2,(H,21,23)/b14-8-. The van der Waals surface area contributed by atoms with Crippen LogP contribution in [-0.4, -0.2) is 33.5 Å². The third kappa shape index (κ3) is 4.32. The zero-order chi connectivity index (χ0) is 18.7. The number of benzene rings is 1. The molecule has 26 heavy (non-hydrogen) atoms. The number of aromatic nitrogens is 1. The van der Waals surface area contributed by atoms with Crippen molar-refractivity contribution >= 4 is 68.1 Å². The number of halogens is 2. The highest BCUT2D eigenvalue weighted by Crippen LogP contribution is 2.32. The minimum atomic E-state index is -0.519. The zero-order valence-electron chi connectivity index (χ0n) is 13.1. The van der Waals surface area contributed by atoms with Crippen LogP contribution < -0.4 is 5.32 Å². The summed E-state index contributed by atoms with van der Waals surface area (Å²) in [7, 11) is 0. The lowest BCUT2D eigenvalue weighted by atomic mass is 10.3. The van der Waals surface area contributed by atoms with Crippen molar-refractivity contribution < 1.29 is 14.4 Å². The number of thioether (sulfide) groups is 1. The fourth-order valence-electron chi connectivity index (χ4n) is 2.15. The van der Waals surface area contributed by atoms with Gasteiger partial charge in [0.1, 0.15) is 6.54 Å². The highest BCUT2D eigenvalue weighted by Gasteiger charge is 2.36. The number of pyridine rings is 1. The predicted molar refractivity (Wildman–Crippen MR) is 105 cm³/mol. The maximum Gasteiger partial charge on any atom is 0.294 e. The highest BCUT2D eigenvalue weighted by molar-refractivity contribution is 9.10. The van der Waals surface area contributed by atoms with Crippen molar-refractivity contribution in [2.75, 3.05) is 11.9 Å². The van der Waals surface area contributed by atoms with Gasteiger partial charge in [-0.3, -0.25) is 24.3 Å². The molecular weight excluding hydrogens is 442 g/mol. The van der Waals surface area contributed by atoms with E-state index in [1.165, 1.54) is 6.08 Å². The van der Waals surface area contributed by atoms with E-state index >= 15 is 0 Å². The van der Waals surface area contributed by atoms with Gasteiger partial charge in [0.05, 0.1) is 15.6 Å². The molecule has 9 heteroatoms. The third-order valence-electron chi connectivity index (χ3n) is 3.35. The summed E-state index contributed by atoms with van der Waals surface area (Å²) in [6.45, 7) is -0.377. The largest absolute Gasteiger partial charge is 0.324 e. The van der Waals surface area contributed by atoms with Gasteiger partial charge in [0.2, 0.25) is 5.91 Å². The Bertz CT molecular complexity index is 921. The third-order valence-corrected chi connectivity index (χ3v) is 5.49. The van der Waals surface area contributed by atoms with Crippen molar-refractivity contribution in [1.29, 1.82) is 0 Å². The lowest BCUT2D eigenvalue weighted by Crippen LogP contribution is -2.36. The molecule has 0 atom stereocenters. The van der Waals surface area contributed by atoms with Crippen LogP contribution in [0.2, 0.25) is 5.02 Å². The molecule has 0 spiro atoms. The van der Waals surface area contributed by atoms with Gasteiger partial charge in [-0.15, -0.1) is 0 Å². The molecule has 2 heterocycles. The molecule has 1 aliphatic rings. The number of hydrogen-bond donors (Lipinski definition) is 1. The van der Waals surface area contributed by atoms with Crippen LogP contribution in [0, 0.1) is 0 Å². The molecule has 3 rings (SSSR count). The number of rotatable bonds is 4. The van der Waals surface area contributed by atoms with Crippen LogP contribution in [0.25, 0.3) is 6.08 Å². The number of nitrogens with one attached hydrogen (secondary N) is 1. The first-order valence-corrected chi connectivity index (χ1v) is 9.34. The van der Waals surface area contributed by atoms with Crippen molar-refractivity contribution in [3.63, 3.8) is 0 Å². The second-order valence-corrected chi connectivity index (χ2v) is 7.45. The Morgan fingerprint density at radius 3 is 2.81 bits per heavy atom. The fourth-order valence-corrected chi connectivity index (χ4v) is 3.40. The fraction of sp³-hybridized carbons (Fsp3) is 0.0588. The van der Waals surface area contributed by atoms with E-state index < -0.39 is 17.1 Å². The average Bonchev–Trinajstić information content (AvgIpc) is 2.86. The lowest BCUT2D eigenvalue weighted by Gasteiger charge is -2.12. The van der Waals surface area contributed by atoms with E-state index in [4.69, 9.17) is 11.6 Å². The Balaban J connectivity index is 1.68. The molecule has 6 nitrogen and oxygen atoms in total. The highest BCUT2D eigenvalue weighted by atomic mass is 79.9. The van der Waals surface area contributed by atoms with E-state index in [1.807, 2.05) is 0 Å². The van der Waals surface area contributed by atoms with Gasteiger partial charge in [0, 0.05) is 16.4 Å². The molecule has 0 aliphatic carbocycles. The summed E-state index contributed by atoms with van der Waals surface area (Å²) in [5, 5.41) is 2.55. The van der Waals surface area contributed by atoms with E-state index in [2.05, 4.69) is 26.2 Å². The van der Waals surface area contributed by atoms with Gasteiger partial charge < -0.3 is 5.32 Å². The smallest absolute Gasteiger partial charge is 0.294 e. The van der Waals surface area contributed by atoms with Crippen LogP contribution in [0.3, 0.4) is 0 Å². The van der Waals surface area contributed by atoms with Crippen LogP contribution in [-0.2, 0) is 9.59 Å². The molecule has 0 radical (unpaired) electrons. The van der Waals surface area contributed by atoms with E-state index in [0.717, 1.165) is 16.7 Å². The van der Waals surface area contributed by atoms with Crippen LogP contribution in [0.5, 0.6) is 0 Å². The van der Waals surface area contributed by atoms with Gasteiger partial charge in [-0.25, -0.2) is 0 Å². The van der Waals surface area contributed by atoms with Crippen molar-refractivity contribution in [3.05, 3.63) is 62.7 Å². The number of amides is 3. The van der Waals surface area contributed by atoms with E-state index in [0.29, 0.717) is 20.9 Å². The normalized spacial score (nSPS) is 15.6. The van der Waals surface area contributed by atoms with Gasteiger partial charge in [-0.1, -0.05) is 17.7 Å². The van der Waals surface area contributed by atoms with Crippen LogP contribution in [0.1, 0.15) is 5.69 Å². The van der Waals surface area contributed by atoms with E-state index in [1.54, 1.807) is 42.6 Å². The van der Waals surface area contributed by atoms with Gasteiger partial charge >= 0.3 is 0 Å². The monoisotopic (exact) mass is 451 g/mol. The average molecular weight is 453 g/mol. The molecule has 1 fully saturated rings. The number of anilines is 1. The minimum Gasteiger partial charge on any atom is -0.324 e. The summed E-state index contributed by atoms with van der Waals surface area (Å²) in [5.74, 6) is -1.01. The quantitative estimate of drug-likeness (QED) is 0.704. The van der Waals surface area contributed by atoms with Gasteiger partial charge in [0.15, 0.2) is 0 Å². The van der Waals surface area contributed by atoms with Crippen molar-refractivity contribution in [2.24, 2.45) is 0 Å². The summed E-state index contributed by atoms with van der Waals surface area (Å²) in [6, 6.07) is 10.2. The first kappa shape index (κ1) is 18.6. The summed E-state index contributed by atoms with van der Waals surface area (Å²) in [5.41, 5.74) is 1.03. The molecule has 0 unspecified atom stereocenters.